The summed E-state index contributed by atoms with van der Waals surface area (Å²) in [4.78, 5) is 4.66. The second-order valence-electron chi connectivity index (χ2n) is 4.32. The van der Waals surface area contributed by atoms with Gasteiger partial charge in [0.2, 0.25) is 0 Å². The summed E-state index contributed by atoms with van der Waals surface area (Å²) in [5.74, 6) is 0. The normalized spacial score (nSPS) is 10.7. The number of hydrogen-bond acceptors (Lipinski definition) is 2. The molecule has 0 fully saturated rings. The molecule has 0 aliphatic carbocycles. The van der Waals surface area contributed by atoms with E-state index in [2.05, 4.69) is 31.0 Å². The number of rotatable bonds is 7. The Hall–Kier alpha value is -0.890. The van der Waals surface area contributed by atoms with Gasteiger partial charge in [0.1, 0.15) is 0 Å². The average Bonchev–Trinajstić information content (AvgIpc) is 2.34. The predicted molar refractivity (Wildman–Crippen MR) is 69.4 cm³/mol. The molecule has 0 unspecified atom stereocenters. The van der Waals surface area contributed by atoms with Crippen LogP contribution in [-0.2, 0) is 19.4 Å². The Balaban J connectivity index is 2.78. The topological polar surface area (TPSA) is 38.9 Å². The van der Waals surface area contributed by atoms with Gasteiger partial charge in [-0.05, 0) is 37.3 Å². The highest BCUT2D eigenvalue weighted by atomic mass is 14.7. The largest absolute Gasteiger partial charge is 0.325 e. The number of unbranched alkanes of at least 4 members (excludes halogenated alkanes) is 2. The van der Waals surface area contributed by atoms with Crippen LogP contribution in [0, 0.1) is 0 Å². The number of pyridine rings is 1. The molecule has 1 heterocycles. The first-order valence-corrected chi connectivity index (χ1v) is 6.49. The van der Waals surface area contributed by atoms with E-state index >= 15 is 0 Å². The van der Waals surface area contributed by atoms with Gasteiger partial charge in [0.15, 0.2) is 0 Å². The Labute approximate surface area is 99.3 Å². The molecule has 2 heteroatoms. The van der Waals surface area contributed by atoms with Crippen molar-refractivity contribution in [2.75, 3.05) is 0 Å². The molecule has 0 atom stereocenters. The summed E-state index contributed by atoms with van der Waals surface area (Å²) in [5, 5.41) is 0. The lowest BCUT2D eigenvalue weighted by molar-refractivity contribution is 0.734. The van der Waals surface area contributed by atoms with Crippen LogP contribution in [0.1, 0.15) is 56.5 Å². The van der Waals surface area contributed by atoms with Gasteiger partial charge in [0.25, 0.3) is 0 Å². The van der Waals surface area contributed by atoms with Crippen LogP contribution in [0.3, 0.4) is 0 Å². The number of hydrogen-bond donors (Lipinski definition) is 1. The monoisotopic (exact) mass is 220 g/mol. The third kappa shape index (κ3) is 3.93. The van der Waals surface area contributed by atoms with Crippen molar-refractivity contribution >= 4 is 0 Å². The quantitative estimate of drug-likeness (QED) is 0.766. The zero-order chi connectivity index (χ0) is 11.8. The fourth-order valence-corrected chi connectivity index (χ4v) is 1.84. The molecule has 0 aromatic carbocycles. The lowest BCUT2D eigenvalue weighted by Crippen LogP contribution is -2.05. The number of aryl methyl sites for hydroxylation is 2. The molecule has 0 saturated carbocycles. The summed E-state index contributed by atoms with van der Waals surface area (Å²) in [5.41, 5.74) is 9.35. The van der Waals surface area contributed by atoms with E-state index in [0.29, 0.717) is 6.54 Å². The van der Waals surface area contributed by atoms with E-state index in [0.717, 1.165) is 18.5 Å². The summed E-state index contributed by atoms with van der Waals surface area (Å²) >= 11 is 0. The third-order valence-electron chi connectivity index (χ3n) is 2.90. The predicted octanol–water partition coefficient (Wildman–Crippen LogP) is 3.23. The van der Waals surface area contributed by atoms with Crippen LogP contribution < -0.4 is 5.73 Å². The van der Waals surface area contributed by atoms with E-state index in [1.807, 2.05) is 0 Å². The zero-order valence-electron chi connectivity index (χ0n) is 10.6. The first kappa shape index (κ1) is 13.2. The molecule has 1 rings (SSSR count). The number of nitrogens with zero attached hydrogens (tertiary/aromatic N) is 1. The molecule has 0 saturated heterocycles. The second kappa shape index (κ2) is 7.39. The maximum absolute atomic E-state index is 5.64. The molecule has 0 aliphatic heterocycles. The van der Waals surface area contributed by atoms with Gasteiger partial charge >= 0.3 is 0 Å². The molecule has 2 nitrogen and oxygen atoms in total. The minimum Gasteiger partial charge on any atom is -0.325 e. The van der Waals surface area contributed by atoms with Gasteiger partial charge in [0.05, 0.1) is 5.69 Å². The summed E-state index contributed by atoms with van der Waals surface area (Å²) in [6, 6.07) is 4.29. The van der Waals surface area contributed by atoms with Crippen molar-refractivity contribution in [3.63, 3.8) is 0 Å². The molecule has 0 spiro atoms. The third-order valence-corrected chi connectivity index (χ3v) is 2.90. The molecule has 2 N–H and O–H groups in total. The van der Waals surface area contributed by atoms with Crippen molar-refractivity contribution in [3.05, 3.63) is 29.1 Å². The molecule has 90 valence electrons. The van der Waals surface area contributed by atoms with E-state index in [1.165, 1.54) is 36.9 Å². The summed E-state index contributed by atoms with van der Waals surface area (Å²) in [7, 11) is 0. The minimum atomic E-state index is 0.549. The minimum absolute atomic E-state index is 0.549. The zero-order valence-corrected chi connectivity index (χ0v) is 10.6. The molecular weight excluding hydrogens is 196 g/mol. The fourth-order valence-electron chi connectivity index (χ4n) is 1.84. The maximum atomic E-state index is 5.64. The molecule has 0 radical (unpaired) electrons. The summed E-state index contributed by atoms with van der Waals surface area (Å²) in [6.45, 7) is 5.00. The van der Waals surface area contributed by atoms with Gasteiger partial charge in [-0.15, -0.1) is 0 Å². The van der Waals surface area contributed by atoms with Gasteiger partial charge < -0.3 is 5.73 Å². The van der Waals surface area contributed by atoms with Crippen molar-refractivity contribution in [1.82, 2.24) is 4.98 Å². The highest BCUT2D eigenvalue weighted by molar-refractivity contribution is 5.23. The maximum Gasteiger partial charge on any atom is 0.0543 e. The summed E-state index contributed by atoms with van der Waals surface area (Å²) in [6.07, 6.45) is 7.20. The van der Waals surface area contributed by atoms with E-state index in [1.54, 1.807) is 0 Å². The van der Waals surface area contributed by atoms with E-state index in [9.17, 15) is 0 Å². The molecule has 16 heavy (non-hydrogen) atoms. The van der Waals surface area contributed by atoms with Gasteiger partial charge in [0, 0.05) is 12.2 Å². The first-order valence-electron chi connectivity index (χ1n) is 6.49. The van der Waals surface area contributed by atoms with Gasteiger partial charge in [-0.3, -0.25) is 4.98 Å². The Morgan fingerprint density at radius 2 is 1.75 bits per heavy atom. The molecular formula is C14H24N2. The van der Waals surface area contributed by atoms with Crippen LogP contribution >= 0.6 is 0 Å². The van der Waals surface area contributed by atoms with Crippen molar-refractivity contribution in [2.45, 2.75) is 58.9 Å². The van der Waals surface area contributed by atoms with Crippen LogP contribution in [0.4, 0.5) is 0 Å². The van der Waals surface area contributed by atoms with E-state index in [-0.39, 0.29) is 0 Å². The number of nitrogens with two attached hydrogens (primary N) is 1. The fraction of sp³-hybridized carbons (Fsp3) is 0.643. The van der Waals surface area contributed by atoms with Gasteiger partial charge in [-0.2, -0.15) is 0 Å². The van der Waals surface area contributed by atoms with Crippen LogP contribution in [0.15, 0.2) is 12.1 Å². The molecule has 0 aliphatic rings. The Morgan fingerprint density at radius 3 is 2.38 bits per heavy atom. The van der Waals surface area contributed by atoms with Crippen LogP contribution in [-0.4, -0.2) is 4.98 Å². The van der Waals surface area contributed by atoms with Crippen LogP contribution in [0.2, 0.25) is 0 Å². The Bertz CT molecular complexity index is 308. The highest BCUT2D eigenvalue weighted by Gasteiger charge is 2.04. The van der Waals surface area contributed by atoms with Crippen molar-refractivity contribution in [2.24, 2.45) is 5.73 Å². The Kier molecular flexibility index (Phi) is 6.09. The second-order valence-corrected chi connectivity index (χ2v) is 4.32. The molecule has 0 bridgehead atoms. The SMILES string of the molecule is CCCCc1ccc(CN)nc1CCCC. The Morgan fingerprint density at radius 1 is 1.06 bits per heavy atom. The smallest absolute Gasteiger partial charge is 0.0543 e. The number of aromatic nitrogens is 1. The van der Waals surface area contributed by atoms with Gasteiger partial charge in [-0.25, -0.2) is 0 Å². The standard InChI is InChI=1S/C14H24N2/c1-3-5-7-12-9-10-13(11-15)16-14(12)8-6-4-2/h9-10H,3-8,11,15H2,1-2H3. The highest BCUT2D eigenvalue weighted by Crippen LogP contribution is 2.14. The van der Waals surface area contributed by atoms with Crippen molar-refractivity contribution in [3.8, 4) is 0 Å². The van der Waals surface area contributed by atoms with Crippen molar-refractivity contribution < 1.29 is 0 Å². The van der Waals surface area contributed by atoms with E-state index in [4.69, 9.17) is 5.73 Å². The molecule has 1 aromatic rings. The lowest BCUT2D eigenvalue weighted by atomic mass is 10.0. The average molecular weight is 220 g/mol. The van der Waals surface area contributed by atoms with Crippen molar-refractivity contribution in [1.29, 1.82) is 0 Å². The molecule has 0 amide bonds. The van der Waals surface area contributed by atoms with Crippen LogP contribution in [0.5, 0.6) is 0 Å². The lowest BCUT2D eigenvalue weighted by Gasteiger charge is -2.09. The van der Waals surface area contributed by atoms with E-state index < -0.39 is 0 Å². The molecule has 1 aromatic heterocycles. The summed E-state index contributed by atoms with van der Waals surface area (Å²) < 4.78 is 0. The van der Waals surface area contributed by atoms with Crippen LogP contribution in [0.25, 0.3) is 0 Å². The first-order chi connectivity index (χ1) is 7.81. The van der Waals surface area contributed by atoms with Gasteiger partial charge in [-0.1, -0.05) is 32.8 Å².